The van der Waals surface area contributed by atoms with Crippen LogP contribution in [-0.4, -0.2) is 62.7 Å². The second-order valence-electron chi connectivity index (χ2n) is 4.76. The molecule has 1 aliphatic heterocycles. The van der Waals surface area contributed by atoms with E-state index in [9.17, 15) is 4.79 Å². The minimum Gasteiger partial charge on any atom is -0.382 e. The zero-order valence-electron chi connectivity index (χ0n) is 12.8. The van der Waals surface area contributed by atoms with Gasteiger partial charge in [-0.3, -0.25) is 4.79 Å². The van der Waals surface area contributed by atoms with Crippen molar-refractivity contribution in [1.82, 2.24) is 15.5 Å². The van der Waals surface area contributed by atoms with Gasteiger partial charge in [0.05, 0.1) is 0 Å². The molecule has 1 aliphatic rings. The SMILES string of the molecule is CCNC(=NCC(=O)N1CCCC1)NCCCOCC. The van der Waals surface area contributed by atoms with E-state index < -0.39 is 0 Å². The van der Waals surface area contributed by atoms with E-state index in [0.29, 0.717) is 5.96 Å². The van der Waals surface area contributed by atoms with Gasteiger partial charge in [-0.1, -0.05) is 0 Å². The number of aliphatic imine (C=N–C) groups is 1. The molecule has 0 aromatic carbocycles. The van der Waals surface area contributed by atoms with Crippen LogP contribution in [0.2, 0.25) is 0 Å². The van der Waals surface area contributed by atoms with Gasteiger partial charge < -0.3 is 20.3 Å². The van der Waals surface area contributed by atoms with Gasteiger partial charge in [0.25, 0.3) is 0 Å². The molecule has 0 aliphatic carbocycles. The Morgan fingerprint density at radius 1 is 1.25 bits per heavy atom. The van der Waals surface area contributed by atoms with Crippen molar-refractivity contribution in [3.63, 3.8) is 0 Å². The maximum Gasteiger partial charge on any atom is 0.244 e. The second kappa shape index (κ2) is 10.5. The van der Waals surface area contributed by atoms with Crippen molar-refractivity contribution in [3.8, 4) is 0 Å². The molecular formula is C14H28N4O2. The third-order valence-corrected chi connectivity index (χ3v) is 3.14. The molecule has 1 heterocycles. The highest BCUT2D eigenvalue weighted by molar-refractivity contribution is 5.85. The molecule has 1 fully saturated rings. The number of hydrogen-bond acceptors (Lipinski definition) is 3. The molecule has 6 heteroatoms. The molecule has 0 aromatic rings. The van der Waals surface area contributed by atoms with E-state index in [1.807, 2.05) is 18.7 Å². The van der Waals surface area contributed by atoms with Gasteiger partial charge >= 0.3 is 0 Å². The van der Waals surface area contributed by atoms with Gasteiger partial charge in [-0.2, -0.15) is 0 Å². The lowest BCUT2D eigenvalue weighted by Gasteiger charge is -2.15. The molecule has 2 N–H and O–H groups in total. The molecule has 0 saturated carbocycles. The molecule has 0 aromatic heterocycles. The summed E-state index contributed by atoms with van der Waals surface area (Å²) in [6.45, 7) is 9.07. The van der Waals surface area contributed by atoms with Crippen LogP contribution >= 0.6 is 0 Å². The summed E-state index contributed by atoms with van der Waals surface area (Å²) in [4.78, 5) is 18.1. The van der Waals surface area contributed by atoms with Gasteiger partial charge in [-0.05, 0) is 33.1 Å². The first-order valence-electron chi connectivity index (χ1n) is 7.65. The van der Waals surface area contributed by atoms with Crippen LogP contribution in [0.1, 0.15) is 33.1 Å². The lowest BCUT2D eigenvalue weighted by atomic mass is 10.4. The molecule has 1 saturated heterocycles. The lowest BCUT2D eigenvalue weighted by Crippen LogP contribution is -2.39. The Morgan fingerprint density at radius 3 is 2.65 bits per heavy atom. The summed E-state index contributed by atoms with van der Waals surface area (Å²) >= 11 is 0. The van der Waals surface area contributed by atoms with E-state index in [1.165, 1.54) is 0 Å². The van der Waals surface area contributed by atoms with E-state index in [0.717, 1.165) is 58.7 Å². The Labute approximate surface area is 122 Å². The van der Waals surface area contributed by atoms with Crippen LogP contribution < -0.4 is 10.6 Å². The molecule has 6 nitrogen and oxygen atoms in total. The predicted octanol–water partition coefficient (Wildman–Crippen LogP) is 0.591. The Kier molecular flexibility index (Phi) is 8.78. The van der Waals surface area contributed by atoms with Crippen LogP contribution in [0.3, 0.4) is 0 Å². The number of ether oxygens (including phenoxy) is 1. The number of amides is 1. The van der Waals surface area contributed by atoms with E-state index >= 15 is 0 Å². The quantitative estimate of drug-likeness (QED) is 0.389. The molecule has 1 amide bonds. The normalized spacial score (nSPS) is 15.5. The predicted molar refractivity (Wildman–Crippen MR) is 80.9 cm³/mol. The fourth-order valence-corrected chi connectivity index (χ4v) is 2.08. The second-order valence-corrected chi connectivity index (χ2v) is 4.76. The first-order valence-corrected chi connectivity index (χ1v) is 7.65. The maximum absolute atomic E-state index is 11.9. The molecule has 116 valence electrons. The number of nitrogens with one attached hydrogen (secondary N) is 2. The summed E-state index contributed by atoms with van der Waals surface area (Å²) in [6.07, 6.45) is 3.16. The van der Waals surface area contributed by atoms with Crippen molar-refractivity contribution in [3.05, 3.63) is 0 Å². The molecule has 0 spiro atoms. The summed E-state index contributed by atoms with van der Waals surface area (Å²) < 4.78 is 5.28. The molecule has 0 unspecified atom stereocenters. The number of carbonyl (C=O) groups is 1. The minimum absolute atomic E-state index is 0.119. The Hall–Kier alpha value is -1.30. The fourth-order valence-electron chi connectivity index (χ4n) is 2.08. The van der Waals surface area contributed by atoms with Crippen molar-refractivity contribution >= 4 is 11.9 Å². The summed E-state index contributed by atoms with van der Waals surface area (Å²) in [5.74, 6) is 0.825. The van der Waals surface area contributed by atoms with Crippen LogP contribution in [-0.2, 0) is 9.53 Å². The Morgan fingerprint density at radius 2 is 2.00 bits per heavy atom. The van der Waals surface area contributed by atoms with Crippen molar-refractivity contribution in [2.24, 2.45) is 4.99 Å². The van der Waals surface area contributed by atoms with Gasteiger partial charge in [0.2, 0.25) is 5.91 Å². The van der Waals surface area contributed by atoms with Gasteiger partial charge in [-0.15, -0.1) is 0 Å². The molecule has 0 radical (unpaired) electrons. The molecular weight excluding hydrogens is 256 g/mol. The largest absolute Gasteiger partial charge is 0.382 e. The summed E-state index contributed by atoms with van der Waals surface area (Å²) in [7, 11) is 0. The molecule has 20 heavy (non-hydrogen) atoms. The minimum atomic E-state index is 0.119. The third kappa shape index (κ3) is 6.75. The van der Waals surface area contributed by atoms with Gasteiger partial charge in [0.15, 0.2) is 5.96 Å². The van der Waals surface area contributed by atoms with Gasteiger partial charge in [-0.25, -0.2) is 4.99 Å². The Balaban J connectivity index is 2.27. The van der Waals surface area contributed by atoms with Gasteiger partial charge in [0, 0.05) is 39.4 Å². The fraction of sp³-hybridized carbons (Fsp3) is 0.857. The van der Waals surface area contributed by atoms with Crippen molar-refractivity contribution in [2.75, 3.05) is 45.9 Å². The van der Waals surface area contributed by atoms with Crippen LogP contribution in [0.5, 0.6) is 0 Å². The molecule has 1 rings (SSSR count). The molecule has 0 bridgehead atoms. The number of carbonyl (C=O) groups excluding carboxylic acids is 1. The lowest BCUT2D eigenvalue weighted by molar-refractivity contribution is -0.128. The number of likely N-dealkylation sites (tertiary alicyclic amines) is 1. The highest BCUT2D eigenvalue weighted by Crippen LogP contribution is 2.07. The van der Waals surface area contributed by atoms with E-state index in [2.05, 4.69) is 15.6 Å². The monoisotopic (exact) mass is 284 g/mol. The van der Waals surface area contributed by atoms with Crippen molar-refractivity contribution in [1.29, 1.82) is 0 Å². The van der Waals surface area contributed by atoms with Crippen molar-refractivity contribution < 1.29 is 9.53 Å². The zero-order chi connectivity index (χ0) is 14.6. The number of hydrogen-bond donors (Lipinski definition) is 2. The summed E-state index contributed by atoms with van der Waals surface area (Å²) in [5, 5.41) is 6.36. The number of guanidine groups is 1. The van der Waals surface area contributed by atoms with E-state index in [4.69, 9.17) is 4.74 Å². The number of nitrogens with zero attached hydrogens (tertiary/aromatic N) is 2. The standard InChI is InChI=1S/C14H28N4O2/c1-3-15-14(16-8-7-11-20-4-2)17-12-13(19)18-9-5-6-10-18/h3-12H2,1-2H3,(H2,15,16,17). The highest BCUT2D eigenvalue weighted by Gasteiger charge is 2.17. The van der Waals surface area contributed by atoms with Gasteiger partial charge in [0.1, 0.15) is 6.54 Å². The van der Waals surface area contributed by atoms with Crippen LogP contribution in [0.4, 0.5) is 0 Å². The van der Waals surface area contributed by atoms with Crippen LogP contribution in [0, 0.1) is 0 Å². The number of rotatable bonds is 8. The zero-order valence-corrected chi connectivity index (χ0v) is 12.8. The maximum atomic E-state index is 11.9. The van der Waals surface area contributed by atoms with E-state index in [-0.39, 0.29) is 12.5 Å². The highest BCUT2D eigenvalue weighted by atomic mass is 16.5. The van der Waals surface area contributed by atoms with E-state index in [1.54, 1.807) is 0 Å². The topological polar surface area (TPSA) is 66.0 Å². The summed E-state index contributed by atoms with van der Waals surface area (Å²) in [6, 6.07) is 0. The first kappa shape index (κ1) is 16.8. The van der Waals surface area contributed by atoms with Crippen LogP contribution in [0.15, 0.2) is 4.99 Å². The average Bonchev–Trinajstić information content (AvgIpc) is 2.98. The van der Waals surface area contributed by atoms with Crippen LogP contribution in [0.25, 0.3) is 0 Å². The Bertz CT molecular complexity index is 302. The summed E-state index contributed by atoms with van der Waals surface area (Å²) in [5.41, 5.74) is 0. The van der Waals surface area contributed by atoms with Crippen molar-refractivity contribution in [2.45, 2.75) is 33.1 Å². The smallest absolute Gasteiger partial charge is 0.244 e. The molecule has 0 atom stereocenters. The first-order chi connectivity index (χ1) is 9.77. The third-order valence-electron chi connectivity index (χ3n) is 3.14. The average molecular weight is 284 g/mol.